The minimum atomic E-state index is 0.492. The number of allylic oxidation sites excluding steroid dienone is 4. The van der Waals surface area contributed by atoms with Crippen molar-refractivity contribution in [1.29, 1.82) is 0 Å². The fraction of sp³-hybridized carbons (Fsp3) is 0.550. The van der Waals surface area contributed by atoms with Gasteiger partial charge in [-0.05, 0) is 69.8 Å². The van der Waals surface area contributed by atoms with Crippen molar-refractivity contribution in [3.05, 3.63) is 48.2 Å². The molecule has 0 bridgehead atoms. The van der Waals surface area contributed by atoms with Crippen LogP contribution in [0.15, 0.2) is 42.6 Å². The van der Waals surface area contributed by atoms with Crippen molar-refractivity contribution in [3.63, 3.8) is 0 Å². The van der Waals surface area contributed by atoms with Crippen molar-refractivity contribution < 1.29 is 0 Å². The van der Waals surface area contributed by atoms with Crippen molar-refractivity contribution in [2.24, 2.45) is 5.92 Å². The summed E-state index contributed by atoms with van der Waals surface area (Å²) >= 11 is 0. The first-order valence-corrected chi connectivity index (χ1v) is 9.03. The minimum Gasteiger partial charge on any atom is -0.370 e. The van der Waals surface area contributed by atoms with Crippen LogP contribution in [-0.2, 0) is 0 Å². The van der Waals surface area contributed by atoms with Crippen LogP contribution in [0.3, 0.4) is 0 Å². The first kappa shape index (κ1) is 16.3. The fourth-order valence-electron chi connectivity index (χ4n) is 3.51. The van der Waals surface area contributed by atoms with Gasteiger partial charge >= 0.3 is 0 Å². The second kappa shape index (κ2) is 8.30. The fourth-order valence-corrected chi connectivity index (χ4v) is 3.51. The lowest BCUT2D eigenvalue weighted by molar-refractivity contribution is 0.211. The zero-order valence-corrected chi connectivity index (χ0v) is 14.2. The molecule has 0 saturated carbocycles. The molecule has 1 aromatic heterocycles. The molecule has 3 heteroatoms. The molecule has 1 saturated heterocycles. The lowest BCUT2D eigenvalue weighted by atomic mass is 9.92. The van der Waals surface area contributed by atoms with Gasteiger partial charge in [0.05, 0.1) is 0 Å². The van der Waals surface area contributed by atoms with Gasteiger partial charge in [-0.15, -0.1) is 0 Å². The average molecular weight is 311 g/mol. The first-order chi connectivity index (χ1) is 11.3. The van der Waals surface area contributed by atoms with E-state index in [4.69, 9.17) is 0 Å². The molecule has 1 aromatic rings. The molecule has 0 aromatic carbocycles. The Morgan fingerprint density at radius 1 is 1.22 bits per heavy atom. The molecule has 0 spiro atoms. The van der Waals surface area contributed by atoms with Crippen LogP contribution in [0.2, 0.25) is 0 Å². The van der Waals surface area contributed by atoms with Gasteiger partial charge in [0.15, 0.2) is 0 Å². The molecule has 3 nitrogen and oxygen atoms in total. The summed E-state index contributed by atoms with van der Waals surface area (Å²) in [6.07, 6.45) is 17.2. The first-order valence-electron chi connectivity index (χ1n) is 9.03. The Balaban J connectivity index is 1.37. The second-order valence-electron chi connectivity index (χ2n) is 6.95. The molecule has 124 valence electrons. The van der Waals surface area contributed by atoms with E-state index in [1.165, 1.54) is 44.3 Å². The number of nitrogens with zero attached hydrogens (tertiary/aromatic N) is 2. The van der Waals surface area contributed by atoms with Gasteiger partial charge in [0.2, 0.25) is 0 Å². The normalized spacial score (nSPS) is 22.4. The molecular weight excluding hydrogens is 282 g/mol. The molecule has 1 atom stereocenters. The number of rotatable bonds is 6. The van der Waals surface area contributed by atoms with E-state index in [0.29, 0.717) is 5.92 Å². The SMILES string of the molecule is CN1CCC(CCCNc2ccc(C3C=CC=CC3)cn2)CC1. The van der Waals surface area contributed by atoms with Crippen LogP contribution < -0.4 is 5.32 Å². The molecule has 1 unspecified atom stereocenters. The van der Waals surface area contributed by atoms with Crippen LogP contribution >= 0.6 is 0 Å². The highest BCUT2D eigenvalue weighted by Crippen LogP contribution is 2.24. The number of likely N-dealkylation sites (tertiary alicyclic amines) is 1. The van der Waals surface area contributed by atoms with Gasteiger partial charge in [-0.2, -0.15) is 0 Å². The Hall–Kier alpha value is -1.61. The monoisotopic (exact) mass is 311 g/mol. The van der Waals surface area contributed by atoms with Gasteiger partial charge in [-0.25, -0.2) is 4.98 Å². The summed E-state index contributed by atoms with van der Waals surface area (Å²) in [7, 11) is 2.23. The summed E-state index contributed by atoms with van der Waals surface area (Å²) in [6.45, 7) is 3.57. The van der Waals surface area contributed by atoms with E-state index in [1.54, 1.807) is 0 Å². The third-order valence-electron chi connectivity index (χ3n) is 5.13. The van der Waals surface area contributed by atoms with Gasteiger partial charge in [-0.3, -0.25) is 0 Å². The highest BCUT2D eigenvalue weighted by atomic mass is 15.1. The number of hydrogen-bond donors (Lipinski definition) is 1. The maximum absolute atomic E-state index is 4.57. The van der Waals surface area contributed by atoms with E-state index in [1.807, 2.05) is 6.20 Å². The van der Waals surface area contributed by atoms with Crippen LogP contribution in [0.25, 0.3) is 0 Å². The number of pyridine rings is 1. The minimum absolute atomic E-state index is 0.492. The lowest BCUT2D eigenvalue weighted by Gasteiger charge is -2.28. The number of aromatic nitrogens is 1. The highest BCUT2D eigenvalue weighted by molar-refractivity contribution is 5.38. The Bertz CT molecular complexity index is 524. The quantitative estimate of drug-likeness (QED) is 0.798. The third-order valence-corrected chi connectivity index (χ3v) is 5.13. The van der Waals surface area contributed by atoms with Crippen molar-refractivity contribution in [1.82, 2.24) is 9.88 Å². The molecule has 1 aliphatic heterocycles. The van der Waals surface area contributed by atoms with Gasteiger partial charge < -0.3 is 10.2 Å². The molecule has 0 amide bonds. The Morgan fingerprint density at radius 3 is 2.78 bits per heavy atom. The predicted octanol–water partition coefficient (Wildman–Crippen LogP) is 4.22. The average Bonchev–Trinajstić information content (AvgIpc) is 2.62. The largest absolute Gasteiger partial charge is 0.370 e. The van der Waals surface area contributed by atoms with E-state index in [-0.39, 0.29) is 0 Å². The van der Waals surface area contributed by atoms with E-state index in [0.717, 1.165) is 24.7 Å². The molecule has 23 heavy (non-hydrogen) atoms. The van der Waals surface area contributed by atoms with E-state index >= 15 is 0 Å². The molecule has 1 aliphatic carbocycles. The number of piperidine rings is 1. The summed E-state index contributed by atoms with van der Waals surface area (Å²) in [5.74, 6) is 2.42. The Morgan fingerprint density at radius 2 is 2.09 bits per heavy atom. The summed E-state index contributed by atoms with van der Waals surface area (Å²) < 4.78 is 0. The Kier molecular flexibility index (Phi) is 5.87. The molecule has 2 heterocycles. The standard InChI is InChI=1S/C20H29N3/c1-23-14-11-17(12-15-23)6-5-13-21-20-10-9-19(16-22-20)18-7-3-2-4-8-18/h2-4,7,9-10,16-18H,5-6,8,11-15H2,1H3,(H,21,22). The molecule has 2 aliphatic rings. The topological polar surface area (TPSA) is 28.2 Å². The molecular formula is C20H29N3. The summed E-state index contributed by atoms with van der Waals surface area (Å²) in [6, 6.07) is 4.33. The number of hydrogen-bond acceptors (Lipinski definition) is 3. The van der Waals surface area contributed by atoms with Gasteiger partial charge in [0.1, 0.15) is 5.82 Å². The third kappa shape index (κ3) is 4.93. The summed E-state index contributed by atoms with van der Waals surface area (Å²) in [5.41, 5.74) is 1.31. The summed E-state index contributed by atoms with van der Waals surface area (Å²) in [5, 5.41) is 3.47. The Labute approximate surface area is 140 Å². The molecule has 1 fully saturated rings. The van der Waals surface area contributed by atoms with Crippen LogP contribution in [0, 0.1) is 5.92 Å². The lowest BCUT2D eigenvalue weighted by Crippen LogP contribution is -2.30. The predicted molar refractivity (Wildman–Crippen MR) is 97.8 cm³/mol. The van der Waals surface area contributed by atoms with Crippen LogP contribution in [0.5, 0.6) is 0 Å². The van der Waals surface area contributed by atoms with Crippen molar-refractivity contribution in [3.8, 4) is 0 Å². The number of anilines is 1. The molecule has 0 radical (unpaired) electrons. The van der Waals surface area contributed by atoms with Crippen LogP contribution in [0.4, 0.5) is 5.82 Å². The van der Waals surface area contributed by atoms with Crippen molar-refractivity contribution in [2.45, 2.75) is 38.0 Å². The zero-order valence-electron chi connectivity index (χ0n) is 14.2. The van der Waals surface area contributed by atoms with Crippen LogP contribution in [-0.4, -0.2) is 36.6 Å². The highest BCUT2D eigenvalue weighted by Gasteiger charge is 2.15. The molecule has 1 N–H and O–H groups in total. The zero-order chi connectivity index (χ0) is 15.9. The van der Waals surface area contributed by atoms with E-state index in [2.05, 4.69) is 58.7 Å². The van der Waals surface area contributed by atoms with Crippen molar-refractivity contribution in [2.75, 3.05) is 32.0 Å². The maximum Gasteiger partial charge on any atom is 0.125 e. The van der Waals surface area contributed by atoms with Gasteiger partial charge in [0, 0.05) is 18.7 Å². The van der Waals surface area contributed by atoms with E-state index in [9.17, 15) is 0 Å². The number of nitrogens with one attached hydrogen (secondary N) is 1. The van der Waals surface area contributed by atoms with E-state index < -0.39 is 0 Å². The van der Waals surface area contributed by atoms with Gasteiger partial charge in [-0.1, -0.05) is 30.4 Å². The molecule has 3 rings (SSSR count). The van der Waals surface area contributed by atoms with Crippen molar-refractivity contribution >= 4 is 5.82 Å². The smallest absolute Gasteiger partial charge is 0.125 e. The summed E-state index contributed by atoms with van der Waals surface area (Å²) in [4.78, 5) is 7.01. The second-order valence-corrected chi connectivity index (χ2v) is 6.95. The van der Waals surface area contributed by atoms with Crippen LogP contribution in [0.1, 0.15) is 43.6 Å². The van der Waals surface area contributed by atoms with Gasteiger partial charge in [0.25, 0.3) is 0 Å². The maximum atomic E-state index is 4.57.